The highest BCUT2D eigenvalue weighted by Gasteiger charge is 2.10. The van der Waals surface area contributed by atoms with Crippen molar-refractivity contribution in [1.29, 1.82) is 0 Å². The van der Waals surface area contributed by atoms with Crippen molar-refractivity contribution in [1.82, 2.24) is 4.98 Å². The van der Waals surface area contributed by atoms with Crippen LogP contribution in [-0.2, 0) is 22.6 Å². The van der Waals surface area contributed by atoms with E-state index >= 15 is 0 Å². The molecule has 0 amide bonds. The molecular weight excluding hydrogens is 473 g/mol. The molecule has 1 heterocycles. The molecule has 10 heteroatoms. The molecule has 1 aromatic heterocycles. The SMILES string of the molecule is CCOC(=O)Cc1csc(NN=Cc2ccc(OC)c(COc3cccc(Cl)c3Cl)c2)n1. The van der Waals surface area contributed by atoms with Gasteiger partial charge in [-0.05, 0) is 42.8 Å². The number of thiazole rings is 1. The number of benzene rings is 2. The van der Waals surface area contributed by atoms with E-state index < -0.39 is 0 Å². The number of hydrazone groups is 1. The first-order valence-electron chi connectivity index (χ1n) is 9.63. The van der Waals surface area contributed by atoms with Crippen LogP contribution in [-0.4, -0.2) is 30.9 Å². The second kappa shape index (κ2) is 11.7. The number of rotatable bonds is 10. The molecule has 7 nitrogen and oxygen atoms in total. The minimum Gasteiger partial charge on any atom is -0.496 e. The topological polar surface area (TPSA) is 82.0 Å². The lowest BCUT2D eigenvalue weighted by atomic mass is 10.1. The number of anilines is 1. The van der Waals surface area contributed by atoms with Crippen molar-refractivity contribution in [2.24, 2.45) is 5.10 Å². The average Bonchev–Trinajstić information content (AvgIpc) is 3.22. The van der Waals surface area contributed by atoms with Gasteiger partial charge in [0.05, 0.1) is 37.1 Å². The van der Waals surface area contributed by atoms with E-state index in [0.717, 1.165) is 11.1 Å². The fourth-order valence-electron chi connectivity index (χ4n) is 2.70. The zero-order valence-electron chi connectivity index (χ0n) is 17.4. The van der Waals surface area contributed by atoms with Crippen LogP contribution in [0, 0.1) is 0 Å². The molecule has 0 bridgehead atoms. The van der Waals surface area contributed by atoms with Gasteiger partial charge in [-0.2, -0.15) is 5.10 Å². The molecule has 3 aromatic rings. The predicted octanol–water partition coefficient (Wildman–Crippen LogP) is 5.59. The lowest BCUT2D eigenvalue weighted by Gasteiger charge is -2.12. The van der Waals surface area contributed by atoms with Crippen LogP contribution in [0.25, 0.3) is 0 Å². The molecule has 2 aromatic carbocycles. The molecule has 32 heavy (non-hydrogen) atoms. The number of methoxy groups -OCH3 is 1. The fourth-order valence-corrected chi connectivity index (χ4v) is 3.71. The van der Waals surface area contributed by atoms with Crippen LogP contribution in [0.15, 0.2) is 46.9 Å². The molecule has 0 radical (unpaired) electrons. The van der Waals surface area contributed by atoms with E-state index in [4.69, 9.17) is 37.4 Å². The highest BCUT2D eigenvalue weighted by Crippen LogP contribution is 2.32. The summed E-state index contributed by atoms with van der Waals surface area (Å²) < 4.78 is 16.2. The van der Waals surface area contributed by atoms with Gasteiger partial charge in [-0.3, -0.25) is 10.2 Å². The monoisotopic (exact) mass is 493 g/mol. The predicted molar refractivity (Wildman–Crippen MR) is 127 cm³/mol. The number of halogens is 2. The Labute approximate surface area is 199 Å². The van der Waals surface area contributed by atoms with Crippen LogP contribution >= 0.6 is 34.5 Å². The second-order valence-corrected chi connectivity index (χ2v) is 8.05. The van der Waals surface area contributed by atoms with Gasteiger partial charge in [0.25, 0.3) is 0 Å². The van der Waals surface area contributed by atoms with Gasteiger partial charge in [0.1, 0.15) is 23.1 Å². The van der Waals surface area contributed by atoms with Gasteiger partial charge in [0.2, 0.25) is 5.13 Å². The normalized spacial score (nSPS) is 10.9. The lowest BCUT2D eigenvalue weighted by Crippen LogP contribution is -2.07. The van der Waals surface area contributed by atoms with Crippen molar-refractivity contribution < 1.29 is 19.0 Å². The molecule has 3 rings (SSSR count). The van der Waals surface area contributed by atoms with E-state index in [1.165, 1.54) is 11.3 Å². The Balaban J connectivity index is 1.63. The fraction of sp³-hybridized carbons (Fsp3) is 0.227. The summed E-state index contributed by atoms with van der Waals surface area (Å²) in [7, 11) is 1.59. The van der Waals surface area contributed by atoms with Crippen molar-refractivity contribution in [2.75, 3.05) is 19.1 Å². The van der Waals surface area contributed by atoms with E-state index in [1.807, 2.05) is 18.2 Å². The van der Waals surface area contributed by atoms with Gasteiger partial charge in [-0.1, -0.05) is 29.3 Å². The summed E-state index contributed by atoms with van der Waals surface area (Å²) >= 11 is 13.6. The highest BCUT2D eigenvalue weighted by atomic mass is 35.5. The molecule has 0 saturated carbocycles. The summed E-state index contributed by atoms with van der Waals surface area (Å²) in [6.07, 6.45) is 1.79. The molecular formula is C22H21Cl2N3O4S. The number of hydrogen-bond acceptors (Lipinski definition) is 8. The van der Waals surface area contributed by atoms with Gasteiger partial charge in [0, 0.05) is 10.9 Å². The largest absolute Gasteiger partial charge is 0.496 e. The van der Waals surface area contributed by atoms with Crippen LogP contribution < -0.4 is 14.9 Å². The Kier molecular flexibility index (Phi) is 8.72. The van der Waals surface area contributed by atoms with Crippen LogP contribution in [0.5, 0.6) is 11.5 Å². The minimum absolute atomic E-state index is 0.133. The summed E-state index contributed by atoms with van der Waals surface area (Å²) in [4.78, 5) is 15.9. The first-order valence-corrected chi connectivity index (χ1v) is 11.3. The Bertz CT molecular complexity index is 1100. The zero-order chi connectivity index (χ0) is 22.9. The zero-order valence-corrected chi connectivity index (χ0v) is 19.8. The Morgan fingerprint density at radius 2 is 2.09 bits per heavy atom. The van der Waals surface area contributed by atoms with Crippen LogP contribution in [0.2, 0.25) is 10.0 Å². The Hall–Kier alpha value is -2.81. The molecule has 0 spiro atoms. The maximum absolute atomic E-state index is 11.5. The summed E-state index contributed by atoms with van der Waals surface area (Å²) in [6, 6.07) is 10.8. The maximum atomic E-state index is 11.5. The molecule has 1 N–H and O–H groups in total. The summed E-state index contributed by atoms with van der Waals surface area (Å²) in [5.41, 5.74) is 5.15. The van der Waals surface area contributed by atoms with E-state index in [1.54, 1.807) is 43.8 Å². The molecule has 168 valence electrons. The van der Waals surface area contributed by atoms with Gasteiger partial charge in [0.15, 0.2) is 0 Å². The van der Waals surface area contributed by atoms with Crippen molar-refractivity contribution in [2.45, 2.75) is 20.0 Å². The Morgan fingerprint density at radius 1 is 1.25 bits per heavy atom. The number of carbonyl (C=O) groups excluding carboxylic acids is 1. The molecule has 0 aliphatic carbocycles. The van der Waals surface area contributed by atoms with E-state index in [-0.39, 0.29) is 19.0 Å². The van der Waals surface area contributed by atoms with E-state index in [2.05, 4.69) is 15.5 Å². The van der Waals surface area contributed by atoms with Crippen LogP contribution in [0.1, 0.15) is 23.7 Å². The standard InChI is InChI=1S/C22H21Cl2N3O4S/c1-3-30-20(28)10-16-13-32-22(26-16)27-25-11-14-7-8-18(29-2)15(9-14)12-31-19-6-4-5-17(23)21(19)24/h4-9,11,13H,3,10,12H2,1-2H3,(H,26,27). The number of hydrogen-bond donors (Lipinski definition) is 1. The van der Waals surface area contributed by atoms with Crippen LogP contribution in [0.4, 0.5) is 5.13 Å². The van der Waals surface area contributed by atoms with Crippen molar-refractivity contribution in [3.05, 3.63) is 68.6 Å². The molecule has 0 fully saturated rings. The number of carbonyl (C=O) groups is 1. The van der Waals surface area contributed by atoms with Crippen molar-refractivity contribution in [3.63, 3.8) is 0 Å². The lowest BCUT2D eigenvalue weighted by molar-refractivity contribution is -0.142. The third-order valence-corrected chi connectivity index (χ3v) is 5.76. The number of nitrogens with one attached hydrogen (secondary N) is 1. The maximum Gasteiger partial charge on any atom is 0.311 e. The smallest absolute Gasteiger partial charge is 0.311 e. The number of ether oxygens (including phenoxy) is 3. The first kappa shape index (κ1) is 23.8. The number of esters is 1. The highest BCUT2D eigenvalue weighted by molar-refractivity contribution is 7.13. The molecule has 0 aliphatic heterocycles. The third kappa shape index (κ3) is 6.59. The third-order valence-electron chi connectivity index (χ3n) is 4.16. The molecule has 0 atom stereocenters. The summed E-state index contributed by atoms with van der Waals surface area (Å²) in [5.74, 6) is 0.862. The van der Waals surface area contributed by atoms with E-state index in [9.17, 15) is 4.79 Å². The second-order valence-electron chi connectivity index (χ2n) is 6.41. The molecule has 0 aliphatic rings. The minimum atomic E-state index is -0.306. The van der Waals surface area contributed by atoms with Crippen molar-refractivity contribution >= 4 is 51.9 Å². The van der Waals surface area contributed by atoms with Gasteiger partial charge >= 0.3 is 5.97 Å². The van der Waals surface area contributed by atoms with Gasteiger partial charge in [-0.15, -0.1) is 11.3 Å². The molecule has 0 saturated heterocycles. The number of aromatic nitrogens is 1. The van der Waals surface area contributed by atoms with Gasteiger partial charge < -0.3 is 14.2 Å². The molecule has 0 unspecified atom stereocenters. The first-order chi connectivity index (χ1) is 15.5. The van der Waals surface area contributed by atoms with Crippen LogP contribution in [0.3, 0.4) is 0 Å². The Morgan fingerprint density at radius 3 is 2.88 bits per heavy atom. The van der Waals surface area contributed by atoms with Crippen molar-refractivity contribution in [3.8, 4) is 11.5 Å². The summed E-state index contributed by atoms with van der Waals surface area (Å²) in [6.45, 7) is 2.35. The average molecular weight is 494 g/mol. The van der Waals surface area contributed by atoms with E-state index in [0.29, 0.717) is 39.0 Å². The summed E-state index contributed by atoms with van der Waals surface area (Å²) in [5, 5.41) is 7.37. The quantitative estimate of drug-likeness (QED) is 0.225. The number of nitrogens with zero attached hydrogens (tertiary/aromatic N) is 2. The van der Waals surface area contributed by atoms with Gasteiger partial charge in [-0.25, -0.2) is 4.98 Å².